The van der Waals surface area contributed by atoms with Gasteiger partial charge in [0.1, 0.15) is 5.82 Å². The number of nitrogens with one attached hydrogen (secondary N) is 1. The van der Waals surface area contributed by atoms with Crippen LogP contribution in [0.5, 0.6) is 0 Å². The molecule has 0 aliphatic carbocycles. The van der Waals surface area contributed by atoms with Crippen LogP contribution in [0, 0.1) is 0 Å². The van der Waals surface area contributed by atoms with Gasteiger partial charge >= 0.3 is 6.18 Å². The van der Waals surface area contributed by atoms with E-state index in [1.54, 1.807) is 19.4 Å². The van der Waals surface area contributed by atoms with Crippen LogP contribution in [-0.4, -0.2) is 27.8 Å². The largest absolute Gasteiger partial charge is 0.416 e. The number of hydrogen-bond donors (Lipinski definition) is 1. The van der Waals surface area contributed by atoms with Crippen LogP contribution in [0.2, 0.25) is 0 Å². The number of H-pyrrole nitrogens is 1. The zero-order valence-corrected chi connectivity index (χ0v) is 11.3. The number of halogens is 3. The minimum atomic E-state index is -4.36. The van der Waals surface area contributed by atoms with Gasteiger partial charge in [0.25, 0.3) is 0 Å². The van der Waals surface area contributed by atoms with Crippen molar-refractivity contribution in [3.63, 3.8) is 0 Å². The van der Waals surface area contributed by atoms with Crippen LogP contribution in [0.4, 0.5) is 13.2 Å². The van der Waals surface area contributed by atoms with Crippen molar-refractivity contribution >= 4 is 5.91 Å². The van der Waals surface area contributed by atoms with E-state index in [4.69, 9.17) is 0 Å². The van der Waals surface area contributed by atoms with E-state index in [0.717, 1.165) is 12.1 Å². The highest BCUT2D eigenvalue weighted by Gasteiger charge is 2.30. The molecule has 4 nitrogen and oxygen atoms in total. The van der Waals surface area contributed by atoms with Crippen LogP contribution >= 0.6 is 0 Å². The molecule has 1 heterocycles. The monoisotopic (exact) mass is 297 g/mol. The Morgan fingerprint density at radius 1 is 1.29 bits per heavy atom. The van der Waals surface area contributed by atoms with Gasteiger partial charge < -0.3 is 9.88 Å². The quantitative estimate of drug-likeness (QED) is 0.943. The van der Waals surface area contributed by atoms with Crippen molar-refractivity contribution in [2.75, 3.05) is 7.05 Å². The van der Waals surface area contributed by atoms with Crippen molar-refractivity contribution in [2.24, 2.45) is 0 Å². The van der Waals surface area contributed by atoms with Gasteiger partial charge in [-0.05, 0) is 17.7 Å². The lowest BCUT2D eigenvalue weighted by Crippen LogP contribution is -2.28. The lowest BCUT2D eigenvalue weighted by Gasteiger charge is -2.16. The molecule has 1 aromatic heterocycles. The maximum absolute atomic E-state index is 12.4. The number of carbonyl (C=O) groups is 1. The predicted molar refractivity (Wildman–Crippen MR) is 70.2 cm³/mol. The summed E-state index contributed by atoms with van der Waals surface area (Å²) in [5.74, 6) is 0.462. The summed E-state index contributed by atoms with van der Waals surface area (Å²) in [5, 5.41) is 0. The normalized spacial score (nSPS) is 11.4. The molecule has 0 saturated carbocycles. The molecule has 2 rings (SSSR count). The van der Waals surface area contributed by atoms with E-state index in [0.29, 0.717) is 17.9 Å². The zero-order chi connectivity index (χ0) is 15.5. The average Bonchev–Trinajstić information content (AvgIpc) is 2.91. The van der Waals surface area contributed by atoms with E-state index >= 15 is 0 Å². The van der Waals surface area contributed by atoms with E-state index in [-0.39, 0.29) is 12.3 Å². The lowest BCUT2D eigenvalue weighted by atomic mass is 10.1. The number of benzene rings is 1. The van der Waals surface area contributed by atoms with Crippen LogP contribution < -0.4 is 0 Å². The zero-order valence-electron chi connectivity index (χ0n) is 11.3. The third kappa shape index (κ3) is 4.08. The fourth-order valence-electron chi connectivity index (χ4n) is 1.82. The molecule has 0 saturated heterocycles. The van der Waals surface area contributed by atoms with Crippen molar-refractivity contribution in [3.05, 3.63) is 53.6 Å². The summed E-state index contributed by atoms with van der Waals surface area (Å²) in [6.07, 6.45) is -1.07. The molecule has 1 N–H and O–H groups in total. The number of aromatic nitrogens is 2. The third-order valence-electron chi connectivity index (χ3n) is 3.00. The number of imidazole rings is 1. The summed E-state index contributed by atoms with van der Waals surface area (Å²) in [5.41, 5.74) is -0.179. The van der Waals surface area contributed by atoms with Crippen LogP contribution in [0.15, 0.2) is 36.7 Å². The highest BCUT2D eigenvalue weighted by Crippen LogP contribution is 2.29. The first kappa shape index (κ1) is 15.1. The second-order valence-corrected chi connectivity index (χ2v) is 4.66. The second kappa shape index (κ2) is 5.99. The van der Waals surface area contributed by atoms with Gasteiger partial charge in [0, 0.05) is 19.4 Å². The molecular weight excluding hydrogens is 283 g/mol. The smallest absolute Gasteiger partial charge is 0.347 e. The van der Waals surface area contributed by atoms with Gasteiger partial charge in [-0.2, -0.15) is 13.2 Å². The van der Waals surface area contributed by atoms with Gasteiger partial charge in [-0.15, -0.1) is 0 Å². The fraction of sp³-hybridized carbons (Fsp3) is 0.286. The number of hydrogen-bond acceptors (Lipinski definition) is 2. The van der Waals surface area contributed by atoms with Crippen LogP contribution in [-0.2, 0) is 23.9 Å². The third-order valence-corrected chi connectivity index (χ3v) is 3.00. The molecular formula is C14H14F3N3O. The Kier molecular flexibility index (Phi) is 4.30. The molecule has 0 fully saturated rings. The summed E-state index contributed by atoms with van der Waals surface area (Å²) < 4.78 is 37.3. The molecule has 0 unspecified atom stereocenters. The van der Waals surface area contributed by atoms with Gasteiger partial charge in [-0.25, -0.2) is 4.98 Å². The van der Waals surface area contributed by atoms with Gasteiger partial charge in [-0.1, -0.05) is 12.1 Å². The average molecular weight is 297 g/mol. The fourth-order valence-corrected chi connectivity index (χ4v) is 1.82. The summed E-state index contributed by atoms with van der Waals surface area (Å²) in [4.78, 5) is 20.3. The molecule has 112 valence electrons. The Morgan fingerprint density at radius 2 is 1.95 bits per heavy atom. The van der Waals surface area contributed by atoms with Crippen molar-refractivity contribution < 1.29 is 18.0 Å². The van der Waals surface area contributed by atoms with Crippen molar-refractivity contribution in [1.82, 2.24) is 14.9 Å². The van der Waals surface area contributed by atoms with Gasteiger partial charge in [-0.3, -0.25) is 4.79 Å². The van der Waals surface area contributed by atoms with Crippen molar-refractivity contribution in [1.29, 1.82) is 0 Å². The first-order chi connectivity index (χ1) is 9.86. The Bertz CT molecular complexity index is 591. The Balaban J connectivity index is 1.96. The first-order valence-electron chi connectivity index (χ1n) is 6.24. The van der Waals surface area contributed by atoms with Crippen molar-refractivity contribution in [3.8, 4) is 0 Å². The van der Waals surface area contributed by atoms with Gasteiger partial charge in [0.15, 0.2) is 0 Å². The van der Waals surface area contributed by atoms with Gasteiger partial charge in [0.05, 0.1) is 18.5 Å². The van der Waals surface area contributed by atoms with E-state index in [1.807, 2.05) is 0 Å². The number of amides is 1. The molecule has 0 atom stereocenters. The summed E-state index contributed by atoms with van der Waals surface area (Å²) in [6, 6.07) is 4.60. The molecule has 0 spiro atoms. The first-order valence-corrected chi connectivity index (χ1v) is 6.24. The molecule has 0 aliphatic rings. The number of carbonyl (C=O) groups excluding carboxylic acids is 1. The van der Waals surface area contributed by atoms with E-state index in [2.05, 4.69) is 9.97 Å². The predicted octanol–water partition coefficient (Wildman–Crippen LogP) is 2.63. The Labute approximate surface area is 119 Å². The number of alkyl halides is 3. The standard InChI is InChI=1S/C14H14F3N3O/c1-20(9-12-18-6-7-19-12)13(21)8-10-2-4-11(5-3-10)14(15,16)17/h2-7H,8-9H2,1H3,(H,18,19). The van der Waals surface area contributed by atoms with Crippen LogP contribution in [0.25, 0.3) is 0 Å². The molecule has 1 aromatic carbocycles. The summed E-state index contributed by atoms with van der Waals surface area (Å²) >= 11 is 0. The maximum Gasteiger partial charge on any atom is 0.416 e. The van der Waals surface area contributed by atoms with Crippen LogP contribution in [0.3, 0.4) is 0 Å². The Hall–Kier alpha value is -2.31. The topological polar surface area (TPSA) is 49.0 Å². The highest BCUT2D eigenvalue weighted by molar-refractivity contribution is 5.78. The molecule has 21 heavy (non-hydrogen) atoms. The maximum atomic E-state index is 12.4. The Morgan fingerprint density at radius 3 is 2.48 bits per heavy atom. The summed E-state index contributed by atoms with van der Waals surface area (Å²) in [6.45, 7) is 0.326. The minimum Gasteiger partial charge on any atom is -0.347 e. The lowest BCUT2D eigenvalue weighted by molar-refractivity contribution is -0.137. The number of aromatic amines is 1. The molecule has 0 bridgehead atoms. The molecule has 7 heteroatoms. The molecule has 2 aromatic rings. The van der Waals surface area contributed by atoms with Crippen molar-refractivity contribution in [2.45, 2.75) is 19.1 Å². The highest BCUT2D eigenvalue weighted by atomic mass is 19.4. The van der Waals surface area contributed by atoms with Crippen LogP contribution in [0.1, 0.15) is 17.0 Å². The molecule has 0 radical (unpaired) electrons. The van der Waals surface area contributed by atoms with Gasteiger partial charge in [0.2, 0.25) is 5.91 Å². The van der Waals surface area contributed by atoms with E-state index in [9.17, 15) is 18.0 Å². The van der Waals surface area contributed by atoms with E-state index in [1.165, 1.54) is 17.0 Å². The molecule has 0 aliphatic heterocycles. The molecule has 1 amide bonds. The number of nitrogens with zero attached hydrogens (tertiary/aromatic N) is 2. The minimum absolute atomic E-state index is 0.0509. The summed E-state index contributed by atoms with van der Waals surface area (Å²) in [7, 11) is 1.62. The number of rotatable bonds is 4. The SMILES string of the molecule is CN(Cc1ncc[nH]1)C(=O)Cc1ccc(C(F)(F)F)cc1. The second-order valence-electron chi connectivity index (χ2n) is 4.66. The number of likely N-dealkylation sites (N-methyl/N-ethyl adjacent to an activating group) is 1. The van der Waals surface area contributed by atoms with E-state index < -0.39 is 11.7 Å².